The lowest BCUT2D eigenvalue weighted by atomic mass is 9.94. The normalized spacial score (nSPS) is 15.4. The Morgan fingerprint density at radius 1 is 1.29 bits per heavy atom. The molecule has 6 heteroatoms. The molecule has 6 nitrogen and oxygen atoms in total. The molecule has 2 rings (SSSR count). The molecule has 1 aliphatic rings. The lowest BCUT2D eigenvalue weighted by Crippen LogP contribution is -2.30. The Labute approximate surface area is 123 Å². The largest absolute Gasteiger partial charge is 0.480 e. The number of carboxylic acid groups (broad SMARTS) is 1. The van der Waals surface area contributed by atoms with E-state index in [2.05, 4.69) is 10.6 Å². The number of carbonyl (C=O) groups excluding carboxylic acids is 1. The Balaban J connectivity index is 1.91. The smallest absolute Gasteiger partial charge is 0.341 e. The molecule has 1 amide bonds. The van der Waals surface area contributed by atoms with Gasteiger partial charge in [0.05, 0.1) is 5.69 Å². The maximum Gasteiger partial charge on any atom is 0.341 e. The summed E-state index contributed by atoms with van der Waals surface area (Å²) in [5.41, 5.74) is 0.512. The van der Waals surface area contributed by atoms with E-state index in [1.165, 1.54) is 0 Å². The monoisotopic (exact) mass is 292 g/mol. The molecule has 21 heavy (non-hydrogen) atoms. The molecule has 0 atom stereocenters. The van der Waals surface area contributed by atoms with E-state index in [0.29, 0.717) is 23.8 Å². The number of para-hydroxylation sites is 2. The van der Waals surface area contributed by atoms with Crippen molar-refractivity contribution in [3.8, 4) is 5.75 Å². The lowest BCUT2D eigenvalue weighted by molar-refractivity contribution is -0.139. The molecule has 114 valence electrons. The van der Waals surface area contributed by atoms with Crippen molar-refractivity contribution in [1.82, 2.24) is 5.32 Å². The molecule has 0 saturated carbocycles. The van der Waals surface area contributed by atoms with Gasteiger partial charge in [-0.05, 0) is 44.0 Å². The van der Waals surface area contributed by atoms with Crippen LogP contribution in [0, 0.1) is 5.92 Å². The number of rotatable bonds is 6. The number of hydrogen-bond donors (Lipinski definition) is 3. The standard InChI is InChI=1S/C15H20N2O4/c18-14(9-11-5-7-16-8-6-11)17-12-3-1-2-4-13(12)21-10-15(19)20/h1-4,11,16H,5-10H2,(H,17,18)(H,19,20). The zero-order valence-electron chi connectivity index (χ0n) is 11.8. The van der Waals surface area contributed by atoms with Gasteiger partial charge in [-0.1, -0.05) is 12.1 Å². The molecule has 1 aromatic rings. The van der Waals surface area contributed by atoms with Crippen LogP contribution in [0.15, 0.2) is 24.3 Å². The number of nitrogens with one attached hydrogen (secondary N) is 2. The van der Waals surface area contributed by atoms with Gasteiger partial charge < -0.3 is 20.5 Å². The highest BCUT2D eigenvalue weighted by Crippen LogP contribution is 2.25. The second-order valence-corrected chi connectivity index (χ2v) is 5.12. The summed E-state index contributed by atoms with van der Waals surface area (Å²) in [5.74, 6) is -0.337. The number of aliphatic carboxylic acids is 1. The predicted molar refractivity (Wildman–Crippen MR) is 78.4 cm³/mol. The summed E-state index contributed by atoms with van der Waals surface area (Å²) in [5, 5.41) is 14.7. The molecule has 1 aliphatic heterocycles. The lowest BCUT2D eigenvalue weighted by Gasteiger charge is -2.22. The molecule has 1 heterocycles. The van der Waals surface area contributed by atoms with E-state index in [-0.39, 0.29) is 5.91 Å². The van der Waals surface area contributed by atoms with Gasteiger partial charge >= 0.3 is 5.97 Å². The van der Waals surface area contributed by atoms with Gasteiger partial charge in [-0.25, -0.2) is 4.79 Å². The Morgan fingerprint density at radius 3 is 2.71 bits per heavy atom. The summed E-state index contributed by atoms with van der Waals surface area (Å²) in [6.45, 7) is 1.48. The Bertz CT molecular complexity index is 498. The summed E-state index contributed by atoms with van der Waals surface area (Å²) >= 11 is 0. The van der Waals surface area contributed by atoms with Gasteiger partial charge in [-0.15, -0.1) is 0 Å². The van der Waals surface area contributed by atoms with Gasteiger partial charge in [0.25, 0.3) is 0 Å². The number of piperidine rings is 1. The van der Waals surface area contributed by atoms with Crippen molar-refractivity contribution in [2.75, 3.05) is 25.0 Å². The highest BCUT2D eigenvalue weighted by Gasteiger charge is 2.17. The number of ether oxygens (including phenoxy) is 1. The van der Waals surface area contributed by atoms with E-state index in [1.807, 2.05) is 0 Å². The number of anilines is 1. The molecule has 0 unspecified atom stereocenters. The molecule has 0 spiro atoms. The Kier molecular flexibility index (Phi) is 5.57. The fourth-order valence-corrected chi connectivity index (χ4v) is 2.38. The highest BCUT2D eigenvalue weighted by atomic mass is 16.5. The molecule has 0 radical (unpaired) electrons. The SMILES string of the molecule is O=C(O)COc1ccccc1NC(=O)CC1CCNCC1. The molecule has 0 bridgehead atoms. The Morgan fingerprint density at radius 2 is 2.00 bits per heavy atom. The van der Waals surface area contributed by atoms with Crippen LogP contribution in [-0.4, -0.2) is 36.7 Å². The zero-order chi connectivity index (χ0) is 15.1. The first-order valence-electron chi connectivity index (χ1n) is 7.09. The third-order valence-corrected chi connectivity index (χ3v) is 3.45. The van der Waals surface area contributed by atoms with Crippen LogP contribution in [0.5, 0.6) is 5.75 Å². The Hall–Kier alpha value is -2.08. The van der Waals surface area contributed by atoms with E-state index in [1.54, 1.807) is 24.3 Å². The molecular formula is C15H20N2O4. The van der Waals surface area contributed by atoms with Crippen LogP contribution in [0.1, 0.15) is 19.3 Å². The molecule has 1 aromatic carbocycles. The fourth-order valence-electron chi connectivity index (χ4n) is 2.38. The summed E-state index contributed by atoms with van der Waals surface area (Å²) in [7, 11) is 0. The van der Waals surface area contributed by atoms with Crippen molar-refractivity contribution in [1.29, 1.82) is 0 Å². The van der Waals surface area contributed by atoms with Gasteiger partial charge in [0.1, 0.15) is 5.75 Å². The third kappa shape index (κ3) is 5.07. The summed E-state index contributed by atoms with van der Waals surface area (Å²) in [4.78, 5) is 22.6. The average molecular weight is 292 g/mol. The van der Waals surface area contributed by atoms with E-state index in [0.717, 1.165) is 25.9 Å². The van der Waals surface area contributed by atoms with Crippen LogP contribution >= 0.6 is 0 Å². The minimum atomic E-state index is -1.05. The number of amides is 1. The average Bonchev–Trinajstić information content (AvgIpc) is 2.47. The first kappa shape index (κ1) is 15.3. The minimum Gasteiger partial charge on any atom is -0.480 e. The van der Waals surface area contributed by atoms with E-state index >= 15 is 0 Å². The van der Waals surface area contributed by atoms with Crippen molar-refractivity contribution in [3.05, 3.63) is 24.3 Å². The topological polar surface area (TPSA) is 87.7 Å². The molecule has 1 saturated heterocycles. The van der Waals surface area contributed by atoms with Crippen molar-refractivity contribution >= 4 is 17.6 Å². The van der Waals surface area contributed by atoms with Gasteiger partial charge in [-0.2, -0.15) is 0 Å². The number of carboxylic acids is 1. The molecular weight excluding hydrogens is 272 g/mol. The molecule has 3 N–H and O–H groups in total. The van der Waals surface area contributed by atoms with Crippen molar-refractivity contribution in [3.63, 3.8) is 0 Å². The minimum absolute atomic E-state index is 0.0618. The number of benzene rings is 1. The second kappa shape index (κ2) is 7.64. The van der Waals surface area contributed by atoms with Gasteiger partial charge in [0.15, 0.2) is 6.61 Å². The zero-order valence-corrected chi connectivity index (χ0v) is 11.8. The van der Waals surface area contributed by atoms with Crippen molar-refractivity contribution in [2.45, 2.75) is 19.3 Å². The first-order chi connectivity index (χ1) is 10.1. The first-order valence-corrected chi connectivity index (χ1v) is 7.09. The van der Waals surface area contributed by atoms with Crippen LogP contribution in [0.2, 0.25) is 0 Å². The van der Waals surface area contributed by atoms with Gasteiger partial charge in [0.2, 0.25) is 5.91 Å². The summed E-state index contributed by atoms with van der Waals surface area (Å²) in [6, 6.07) is 6.86. The van der Waals surface area contributed by atoms with E-state index in [4.69, 9.17) is 9.84 Å². The third-order valence-electron chi connectivity index (χ3n) is 3.45. The van der Waals surface area contributed by atoms with Crippen LogP contribution in [0.4, 0.5) is 5.69 Å². The highest BCUT2D eigenvalue weighted by molar-refractivity contribution is 5.92. The van der Waals surface area contributed by atoms with Crippen molar-refractivity contribution < 1.29 is 19.4 Å². The molecule has 0 aromatic heterocycles. The fraction of sp³-hybridized carbons (Fsp3) is 0.467. The maximum atomic E-state index is 12.1. The van der Waals surface area contributed by atoms with Gasteiger partial charge in [0, 0.05) is 6.42 Å². The van der Waals surface area contributed by atoms with Crippen molar-refractivity contribution in [2.24, 2.45) is 5.92 Å². The quantitative estimate of drug-likeness (QED) is 0.739. The van der Waals surface area contributed by atoms with Crippen LogP contribution < -0.4 is 15.4 Å². The molecule has 0 aliphatic carbocycles. The van der Waals surface area contributed by atoms with Crippen LogP contribution in [-0.2, 0) is 9.59 Å². The second-order valence-electron chi connectivity index (χ2n) is 5.12. The predicted octanol–water partition coefficient (Wildman–Crippen LogP) is 1.48. The van der Waals surface area contributed by atoms with Gasteiger partial charge in [-0.3, -0.25) is 4.79 Å². The summed E-state index contributed by atoms with van der Waals surface area (Å²) in [6.07, 6.45) is 2.49. The maximum absolute atomic E-state index is 12.1. The van der Waals surface area contributed by atoms with E-state index in [9.17, 15) is 9.59 Å². The summed E-state index contributed by atoms with van der Waals surface area (Å²) < 4.78 is 5.17. The number of carbonyl (C=O) groups is 2. The van der Waals surface area contributed by atoms with Crippen LogP contribution in [0.25, 0.3) is 0 Å². The molecule has 1 fully saturated rings. The number of hydrogen-bond acceptors (Lipinski definition) is 4. The van der Waals surface area contributed by atoms with Crippen LogP contribution in [0.3, 0.4) is 0 Å². The van der Waals surface area contributed by atoms with E-state index < -0.39 is 12.6 Å².